The van der Waals surface area contributed by atoms with E-state index in [1.165, 1.54) is 0 Å². The Morgan fingerprint density at radius 2 is 0.944 bits per heavy atom. The lowest BCUT2D eigenvalue weighted by Crippen LogP contribution is -2.30. The molecular weight excluding hydrogens is 377 g/mol. The second-order valence-electron chi connectivity index (χ2n) is 3.22. The van der Waals surface area contributed by atoms with Gasteiger partial charge in [-0.3, -0.25) is 0 Å². The lowest BCUT2D eigenvalue weighted by Gasteiger charge is -2.16. The molecule has 0 aromatic rings. The summed E-state index contributed by atoms with van der Waals surface area (Å²) >= 11 is 0. The van der Waals surface area contributed by atoms with Crippen LogP contribution in [0.4, 0.5) is 0 Å². The van der Waals surface area contributed by atoms with E-state index in [1.807, 2.05) is 0 Å². The molecule has 1 saturated heterocycles. The van der Waals surface area contributed by atoms with Crippen LogP contribution in [-0.2, 0) is 32.9 Å². The Bertz CT molecular complexity index is 170. The van der Waals surface area contributed by atoms with Crippen LogP contribution in [0.5, 0.6) is 0 Å². The van der Waals surface area contributed by atoms with Crippen LogP contribution in [0.1, 0.15) is 6.92 Å². The lowest BCUT2D eigenvalue weighted by atomic mass is 11.0. The summed E-state index contributed by atoms with van der Waals surface area (Å²) < 4.78 is 43.8. The molecule has 0 atom stereocenters. The SMILES string of the molecule is CC[SiH]1O[SiH2]O[SiH2]O[SiH2]O[SiH2]O[SiH2]O[SiH2]O[SiH2]O1. The largest absolute Gasteiger partial charge is 0.425 e. The van der Waals surface area contributed by atoms with Crippen LogP contribution in [0.15, 0.2) is 0 Å². The fraction of sp³-hybridized carbons (Fsp3) is 1.00. The quantitative estimate of drug-likeness (QED) is 0.405. The average molecular weight is 397 g/mol. The van der Waals surface area contributed by atoms with Crippen molar-refractivity contribution in [3.63, 3.8) is 0 Å². The van der Waals surface area contributed by atoms with Gasteiger partial charge in [0.25, 0.3) is 70.0 Å². The highest BCUT2D eigenvalue weighted by Gasteiger charge is 2.10. The molecule has 18 heavy (non-hydrogen) atoms. The van der Waals surface area contributed by atoms with Crippen molar-refractivity contribution >= 4 is 79.3 Å². The highest BCUT2D eigenvalue weighted by atomic mass is 28.4. The maximum atomic E-state index is 5.68. The van der Waals surface area contributed by atoms with Gasteiger partial charge in [-0.05, 0) is 6.04 Å². The maximum absolute atomic E-state index is 5.68. The Hall–Kier alpha value is 1.42. The smallest absolute Gasteiger partial charge is 0.302 e. The molecule has 0 amide bonds. The molecule has 0 N–H and O–H groups in total. The van der Waals surface area contributed by atoms with Gasteiger partial charge < -0.3 is 32.9 Å². The molecule has 0 aromatic heterocycles. The van der Waals surface area contributed by atoms with E-state index < -0.39 is 79.3 Å². The Morgan fingerprint density at radius 1 is 0.611 bits per heavy atom. The normalized spacial score (nSPS) is 36.2. The highest BCUT2D eigenvalue weighted by molar-refractivity contribution is 6.58. The van der Waals surface area contributed by atoms with E-state index in [0.717, 1.165) is 6.04 Å². The van der Waals surface area contributed by atoms with Crippen molar-refractivity contribution < 1.29 is 32.9 Å². The van der Waals surface area contributed by atoms with Crippen molar-refractivity contribution in [2.24, 2.45) is 0 Å². The molecule has 1 heterocycles. The van der Waals surface area contributed by atoms with Gasteiger partial charge in [0, 0.05) is 0 Å². The van der Waals surface area contributed by atoms with Gasteiger partial charge in [0.15, 0.2) is 0 Å². The zero-order valence-corrected chi connectivity index (χ0v) is 21.6. The Balaban J connectivity index is 2.15. The predicted molar refractivity (Wildman–Crippen MR) is 86.1 cm³/mol. The Morgan fingerprint density at radius 3 is 1.28 bits per heavy atom. The summed E-state index contributed by atoms with van der Waals surface area (Å²) in [7, 11) is -7.88. The summed E-state index contributed by atoms with van der Waals surface area (Å²) in [5, 5.41) is 0. The van der Waals surface area contributed by atoms with E-state index in [-0.39, 0.29) is 0 Å². The van der Waals surface area contributed by atoms with Gasteiger partial charge in [0.2, 0.25) is 0 Å². The fourth-order valence-electron chi connectivity index (χ4n) is 1.03. The van der Waals surface area contributed by atoms with Gasteiger partial charge in [0.1, 0.15) is 0 Å². The van der Waals surface area contributed by atoms with E-state index in [1.54, 1.807) is 0 Å². The van der Waals surface area contributed by atoms with Gasteiger partial charge in [-0.1, -0.05) is 6.92 Å². The summed E-state index contributed by atoms with van der Waals surface area (Å²) in [4.78, 5) is 0. The van der Waals surface area contributed by atoms with Gasteiger partial charge in [-0.25, -0.2) is 0 Å². The van der Waals surface area contributed by atoms with Crippen LogP contribution in [0.3, 0.4) is 0 Å². The molecule has 1 aliphatic heterocycles. The van der Waals surface area contributed by atoms with Crippen LogP contribution < -0.4 is 0 Å². The lowest BCUT2D eigenvalue weighted by molar-refractivity contribution is 0.338. The predicted octanol–water partition coefficient (Wildman–Crippen LogP) is -6.64. The van der Waals surface area contributed by atoms with Crippen LogP contribution >= 0.6 is 0 Å². The monoisotopic (exact) mass is 396 g/mol. The zero-order chi connectivity index (χ0) is 12.9. The van der Waals surface area contributed by atoms with E-state index in [4.69, 9.17) is 32.9 Å². The Labute approximate surface area is 125 Å². The first kappa shape index (κ1) is 17.5. The second-order valence-corrected chi connectivity index (χ2v) is 19.0. The van der Waals surface area contributed by atoms with Crippen molar-refractivity contribution in [3.05, 3.63) is 0 Å². The van der Waals surface area contributed by atoms with E-state index >= 15 is 0 Å². The molecule has 0 bridgehead atoms. The van der Waals surface area contributed by atoms with Gasteiger partial charge in [-0.2, -0.15) is 0 Å². The van der Waals surface area contributed by atoms with E-state index in [9.17, 15) is 0 Å². The summed E-state index contributed by atoms with van der Waals surface area (Å²) in [5.41, 5.74) is 0. The van der Waals surface area contributed by atoms with E-state index in [0.29, 0.717) is 0 Å². The van der Waals surface area contributed by atoms with Crippen molar-refractivity contribution in [3.8, 4) is 0 Å². The molecule has 0 radical (unpaired) electrons. The topological polar surface area (TPSA) is 73.8 Å². The third-order valence-corrected chi connectivity index (χ3v) is 14.6. The molecule has 0 spiro atoms. The second kappa shape index (κ2) is 13.4. The van der Waals surface area contributed by atoms with Crippen LogP contribution in [0, 0.1) is 0 Å². The zero-order valence-electron chi connectivity index (χ0n) is 10.5. The summed E-state index contributed by atoms with van der Waals surface area (Å²) in [5.74, 6) is 0. The third kappa shape index (κ3) is 10.2. The minimum atomic E-state index is -1.54. The first-order valence-electron chi connectivity index (χ1n) is 5.63. The summed E-state index contributed by atoms with van der Waals surface area (Å²) in [6, 6.07) is 0.943. The Kier molecular flexibility index (Phi) is 13.0. The van der Waals surface area contributed by atoms with Crippen molar-refractivity contribution in [1.82, 2.24) is 0 Å². The molecule has 1 aliphatic rings. The first-order chi connectivity index (χ1) is 8.93. The molecule has 0 aromatic carbocycles. The minimum Gasteiger partial charge on any atom is -0.425 e. The highest BCUT2D eigenvalue weighted by Crippen LogP contribution is 1.94. The van der Waals surface area contributed by atoms with Crippen molar-refractivity contribution in [2.45, 2.75) is 13.0 Å². The molecular formula is C2H20O8Si8. The number of hydrogen-bond acceptors (Lipinski definition) is 8. The molecule has 8 nitrogen and oxygen atoms in total. The van der Waals surface area contributed by atoms with Crippen LogP contribution in [-0.4, -0.2) is 79.3 Å². The van der Waals surface area contributed by atoms with Crippen LogP contribution in [0.25, 0.3) is 0 Å². The average Bonchev–Trinajstić information content (AvgIpc) is 2.39. The first-order valence-corrected chi connectivity index (χ1v) is 15.5. The minimum absolute atomic E-state index is 0.887. The maximum Gasteiger partial charge on any atom is 0.302 e. The number of rotatable bonds is 1. The third-order valence-electron chi connectivity index (χ3n) is 1.84. The van der Waals surface area contributed by atoms with Crippen LogP contribution in [0.2, 0.25) is 6.04 Å². The molecule has 1 rings (SSSR count). The molecule has 16 heteroatoms. The molecule has 0 unspecified atom stereocenters. The molecule has 0 aliphatic carbocycles. The standard InChI is InChI=1S/C2H20O8Si8/c1-2-18-9-16-7-14-5-12-3-11-4-13-6-15-8-17-10-18/h18H,2,11-17H2,1H3. The molecule has 1 fully saturated rings. The van der Waals surface area contributed by atoms with E-state index in [2.05, 4.69) is 6.92 Å². The summed E-state index contributed by atoms with van der Waals surface area (Å²) in [6.07, 6.45) is 0. The van der Waals surface area contributed by atoms with Crippen molar-refractivity contribution in [2.75, 3.05) is 0 Å². The van der Waals surface area contributed by atoms with Gasteiger partial charge in [-0.15, -0.1) is 0 Å². The molecule has 108 valence electrons. The van der Waals surface area contributed by atoms with Gasteiger partial charge in [0.05, 0.1) is 0 Å². The van der Waals surface area contributed by atoms with Gasteiger partial charge >= 0.3 is 9.28 Å². The summed E-state index contributed by atoms with van der Waals surface area (Å²) in [6.45, 7) is 2.08. The fourth-order valence-corrected chi connectivity index (χ4v) is 17.2. The van der Waals surface area contributed by atoms with Crippen molar-refractivity contribution in [1.29, 1.82) is 0 Å². The number of hydrogen-bond donors (Lipinski definition) is 0. The molecule has 0 saturated carbocycles.